The molecular formula is C25H24FNO4. The SMILES string of the molecule is COC(=O)[C@H](Cc1ccc(O)cc1)NC(=O)[C@@H](C)c1ccc(-c2ccccc2)c(F)c1. The number of rotatable bonds is 7. The highest BCUT2D eigenvalue weighted by Crippen LogP contribution is 2.26. The fraction of sp³-hybridized carbons (Fsp3) is 0.200. The number of halogens is 1. The van der Waals surface area contributed by atoms with Gasteiger partial charge in [0.25, 0.3) is 0 Å². The van der Waals surface area contributed by atoms with E-state index in [4.69, 9.17) is 4.74 Å². The minimum Gasteiger partial charge on any atom is -0.508 e. The molecule has 3 aromatic carbocycles. The van der Waals surface area contributed by atoms with Crippen molar-refractivity contribution < 1.29 is 23.8 Å². The van der Waals surface area contributed by atoms with E-state index in [1.807, 2.05) is 30.3 Å². The first-order valence-electron chi connectivity index (χ1n) is 9.90. The van der Waals surface area contributed by atoms with Crippen LogP contribution in [0, 0.1) is 5.82 Å². The number of phenolic OH excluding ortho intramolecular Hbond substituents is 1. The zero-order valence-corrected chi connectivity index (χ0v) is 17.3. The van der Waals surface area contributed by atoms with Crippen LogP contribution in [0.5, 0.6) is 5.75 Å². The number of carbonyl (C=O) groups is 2. The lowest BCUT2D eigenvalue weighted by Crippen LogP contribution is -2.44. The predicted molar refractivity (Wildman–Crippen MR) is 116 cm³/mol. The van der Waals surface area contributed by atoms with Crippen molar-refractivity contribution >= 4 is 11.9 Å². The van der Waals surface area contributed by atoms with Crippen LogP contribution in [-0.2, 0) is 20.7 Å². The second kappa shape index (κ2) is 9.89. The number of carbonyl (C=O) groups excluding carboxylic acids is 2. The molecule has 5 nitrogen and oxygen atoms in total. The molecule has 31 heavy (non-hydrogen) atoms. The van der Waals surface area contributed by atoms with Gasteiger partial charge in [-0.1, -0.05) is 54.6 Å². The second-order valence-corrected chi connectivity index (χ2v) is 7.28. The second-order valence-electron chi connectivity index (χ2n) is 7.28. The largest absolute Gasteiger partial charge is 0.508 e. The number of benzene rings is 3. The molecule has 0 saturated heterocycles. The predicted octanol–water partition coefficient (Wildman–Crippen LogP) is 4.20. The lowest BCUT2D eigenvalue weighted by atomic mass is 9.95. The first-order chi connectivity index (χ1) is 14.9. The summed E-state index contributed by atoms with van der Waals surface area (Å²) in [6.07, 6.45) is 0.201. The van der Waals surface area contributed by atoms with Crippen molar-refractivity contribution in [2.75, 3.05) is 7.11 Å². The van der Waals surface area contributed by atoms with E-state index in [-0.39, 0.29) is 12.2 Å². The molecule has 0 aliphatic heterocycles. The van der Waals surface area contributed by atoms with Gasteiger partial charge in [0.15, 0.2) is 0 Å². The first kappa shape index (κ1) is 22.0. The van der Waals surface area contributed by atoms with Crippen LogP contribution in [0.15, 0.2) is 72.8 Å². The number of methoxy groups -OCH3 is 1. The highest BCUT2D eigenvalue weighted by Gasteiger charge is 2.25. The molecule has 0 spiro atoms. The Kier molecular flexibility index (Phi) is 7.03. The summed E-state index contributed by atoms with van der Waals surface area (Å²) in [6.45, 7) is 1.65. The summed E-state index contributed by atoms with van der Waals surface area (Å²) < 4.78 is 19.5. The highest BCUT2D eigenvalue weighted by atomic mass is 19.1. The molecule has 0 fully saturated rings. The highest BCUT2D eigenvalue weighted by molar-refractivity contribution is 5.88. The van der Waals surface area contributed by atoms with Gasteiger partial charge < -0.3 is 15.2 Å². The van der Waals surface area contributed by atoms with Crippen molar-refractivity contribution in [2.45, 2.75) is 25.3 Å². The van der Waals surface area contributed by atoms with Crippen LogP contribution in [0.25, 0.3) is 11.1 Å². The van der Waals surface area contributed by atoms with Gasteiger partial charge in [-0.25, -0.2) is 9.18 Å². The zero-order chi connectivity index (χ0) is 22.4. The fourth-order valence-electron chi connectivity index (χ4n) is 3.30. The molecule has 1 amide bonds. The molecule has 0 unspecified atom stereocenters. The van der Waals surface area contributed by atoms with Crippen LogP contribution >= 0.6 is 0 Å². The van der Waals surface area contributed by atoms with E-state index in [9.17, 15) is 19.1 Å². The lowest BCUT2D eigenvalue weighted by Gasteiger charge is -2.20. The van der Waals surface area contributed by atoms with E-state index in [2.05, 4.69) is 5.32 Å². The van der Waals surface area contributed by atoms with E-state index >= 15 is 0 Å². The Balaban J connectivity index is 1.74. The van der Waals surface area contributed by atoms with E-state index in [1.54, 1.807) is 31.2 Å². The van der Waals surface area contributed by atoms with Crippen LogP contribution in [0.3, 0.4) is 0 Å². The van der Waals surface area contributed by atoms with Crippen LogP contribution in [-0.4, -0.2) is 30.1 Å². The molecule has 2 atom stereocenters. The number of hydrogen-bond donors (Lipinski definition) is 2. The maximum atomic E-state index is 14.7. The maximum absolute atomic E-state index is 14.7. The van der Waals surface area contributed by atoms with Crippen LogP contribution in [0.4, 0.5) is 4.39 Å². The molecule has 0 aliphatic rings. The molecular weight excluding hydrogens is 397 g/mol. The summed E-state index contributed by atoms with van der Waals surface area (Å²) >= 11 is 0. The topological polar surface area (TPSA) is 75.6 Å². The van der Waals surface area contributed by atoms with Crippen molar-refractivity contribution in [3.63, 3.8) is 0 Å². The van der Waals surface area contributed by atoms with E-state index in [1.165, 1.54) is 25.3 Å². The molecule has 0 radical (unpaired) electrons. The number of aromatic hydroxyl groups is 1. The number of esters is 1. The Morgan fingerprint density at radius 1 is 1.03 bits per heavy atom. The van der Waals surface area contributed by atoms with Gasteiger partial charge in [0.1, 0.15) is 17.6 Å². The van der Waals surface area contributed by atoms with Gasteiger partial charge in [-0.15, -0.1) is 0 Å². The molecule has 3 rings (SSSR count). The summed E-state index contributed by atoms with van der Waals surface area (Å²) in [4.78, 5) is 25.0. The van der Waals surface area contributed by atoms with Crippen LogP contribution in [0.1, 0.15) is 24.0 Å². The Hall–Kier alpha value is -3.67. The molecule has 0 aliphatic carbocycles. The summed E-state index contributed by atoms with van der Waals surface area (Å²) in [5.41, 5.74) is 2.46. The molecule has 3 aromatic rings. The third kappa shape index (κ3) is 5.48. The average molecular weight is 421 g/mol. The van der Waals surface area contributed by atoms with Crippen molar-refractivity contribution in [1.82, 2.24) is 5.32 Å². The Morgan fingerprint density at radius 3 is 2.32 bits per heavy atom. The Labute approximate surface area is 180 Å². The lowest BCUT2D eigenvalue weighted by molar-refractivity contribution is -0.145. The Morgan fingerprint density at radius 2 is 1.71 bits per heavy atom. The summed E-state index contributed by atoms with van der Waals surface area (Å²) in [7, 11) is 1.25. The quantitative estimate of drug-likeness (QED) is 0.561. The smallest absolute Gasteiger partial charge is 0.328 e. The number of ether oxygens (including phenoxy) is 1. The average Bonchev–Trinajstić information content (AvgIpc) is 2.79. The summed E-state index contributed by atoms with van der Waals surface area (Å²) in [5.74, 6) is -1.99. The maximum Gasteiger partial charge on any atom is 0.328 e. The molecule has 0 heterocycles. The van der Waals surface area contributed by atoms with Crippen molar-refractivity contribution in [1.29, 1.82) is 0 Å². The standard InChI is InChI=1S/C25H24FNO4/c1-16(19-10-13-21(22(26)15-19)18-6-4-3-5-7-18)24(29)27-23(25(30)31-2)14-17-8-11-20(28)12-9-17/h3-13,15-16,23,28H,14H2,1-2H3,(H,27,29)/t16-,23-/m0/s1. The fourth-order valence-corrected chi connectivity index (χ4v) is 3.30. The number of hydrogen-bond acceptors (Lipinski definition) is 4. The van der Waals surface area contributed by atoms with E-state index < -0.39 is 29.7 Å². The molecule has 0 bridgehead atoms. The summed E-state index contributed by atoms with van der Waals surface area (Å²) in [5, 5.41) is 12.1. The van der Waals surface area contributed by atoms with Gasteiger partial charge in [-0.05, 0) is 41.8 Å². The normalized spacial score (nSPS) is 12.6. The number of amides is 1. The van der Waals surface area contributed by atoms with Gasteiger partial charge in [-0.2, -0.15) is 0 Å². The first-order valence-corrected chi connectivity index (χ1v) is 9.90. The van der Waals surface area contributed by atoms with Crippen LogP contribution < -0.4 is 5.32 Å². The molecule has 0 aromatic heterocycles. The van der Waals surface area contributed by atoms with Gasteiger partial charge in [-0.3, -0.25) is 4.79 Å². The van der Waals surface area contributed by atoms with Crippen molar-refractivity contribution in [2.24, 2.45) is 0 Å². The van der Waals surface area contributed by atoms with Crippen molar-refractivity contribution in [3.05, 3.63) is 89.7 Å². The Bertz CT molecular complexity index is 1050. The minimum atomic E-state index is -0.905. The minimum absolute atomic E-state index is 0.108. The number of nitrogens with one attached hydrogen (secondary N) is 1. The van der Waals surface area contributed by atoms with E-state index in [0.29, 0.717) is 11.1 Å². The van der Waals surface area contributed by atoms with Gasteiger partial charge in [0, 0.05) is 12.0 Å². The van der Waals surface area contributed by atoms with Gasteiger partial charge in [0.05, 0.1) is 13.0 Å². The summed E-state index contributed by atoms with van der Waals surface area (Å²) in [6, 6.07) is 19.3. The number of phenols is 1. The molecule has 0 saturated carbocycles. The molecule has 6 heteroatoms. The van der Waals surface area contributed by atoms with Gasteiger partial charge in [0.2, 0.25) is 5.91 Å². The molecule has 160 valence electrons. The monoisotopic (exact) mass is 421 g/mol. The zero-order valence-electron chi connectivity index (χ0n) is 17.3. The van der Waals surface area contributed by atoms with Crippen LogP contribution in [0.2, 0.25) is 0 Å². The third-order valence-electron chi connectivity index (χ3n) is 5.15. The van der Waals surface area contributed by atoms with Crippen molar-refractivity contribution in [3.8, 4) is 16.9 Å². The molecule has 2 N–H and O–H groups in total. The van der Waals surface area contributed by atoms with E-state index in [0.717, 1.165) is 11.1 Å². The third-order valence-corrected chi connectivity index (χ3v) is 5.15. The van der Waals surface area contributed by atoms with Gasteiger partial charge >= 0.3 is 5.97 Å².